The van der Waals surface area contributed by atoms with Crippen LogP contribution in [-0.4, -0.2) is 50.1 Å². The molecule has 1 aliphatic rings. The zero-order chi connectivity index (χ0) is 18.2. The van der Waals surface area contributed by atoms with Crippen molar-refractivity contribution in [1.82, 2.24) is 10.2 Å². The van der Waals surface area contributed by atoms with E-state index in [-0.39, 0.29) is 11.7 Å². The van der Waals surface area contributed by atoms with Crippen molar-refractivity contribution < 1.29 is 9.18 Å². The van der Waals surface area contributed by atoms with Gasteiger partial charge in [0.25, 0.3) is 0 Å². The van der Waals surface area contributed by atoms with Gasteiger partial charge in [-0.05, 0) is 35.9 Å². The van der Waals surface area contributed by atoms with Crippen LogP contribution in [-0.2, 0) is 4.79 Å². The van der Waals surface area contributed by atoms with Gasteiger partial charge < -0.3 is 10.2 Å². The van der Waals surface area contributed by atoms with E-state index in [1.807, 2.05) is 6.07 Å². The Balaban J connectivity index is 1.36. The number of hydrogen-bond acceptors (Lipinski definition) is 3. The minimum Gasteiger partial charge on any atom is -0.369 e. The fourth-order valence-corrected chi connectivity index (χ4v) is 3.05. The Bertz CT molecular complexity index is 740. The molecule has 3 rings (SSSR count). The third kappa shape index (κ3) is 5.43. The molecule has 2 aromatic rings. The monoisotopic (exact) mass is 353 g/mol. The van der Waals surface area contributed by atoms with Gasteiger partial charge in [-0.2, -0.15) is 0 Å². The molecule has 4 nitrogen and oxygen atoms in total. The van der Waals surface area contributed by atoms with E-state index >= 15 is 0 Å². The zero-order valence-electron chi connectivity index (χ0n) is 14.8. The van der Waals surface area contributed by atoms with Gasteiger partial charge in [-0.15, -0.1) is 0 Å². The van der Waals surface area contributed by atoms with Crippen molar-refractivity contribution in [3.05, 3.63) is 72.1 Å². The molecular weight excluding hydrogens is 329 g/mol. The van der Waals surface area contributed by atoms with Crippen LogP contribution in [0.2, 0.25) is 0 Å². The Labute approximate surface area is 153 Å². The highest BCUT2D eigenvalue weighted by Gasteiger charge is 2.16. The van der Waals surface area contributed by atoms with Crippen LogP contribution >= 0.6 is 0 Å². The topological polar surface area (TPSA) is 35.6 Å². The van der Waals surface area contributed by atoms with Gasteiger partial charge >= 0.3 is 0 Å². The van der Waals surface area contributed by atoms with Crippen molar-refractivity contribution in [2.75, 3.05) is 44.2 Å². The van der Waals surface area contributed by atoms with Crippen molar-refractivity contribution in [2.45, 2.75) is 0 Å². The number of rotatable bonds is 6. The average Bonchev–Trinajstić information content (AvgIpc) is 2.68. The Morgan fingerprint density at radius 3 is 2.54 bits per heavy atom. The lowest BCUT2D eigenvalue weighted by atomic mass is 10.2. The second-order valence-electron chi connectivity index (χ2n) is 6.34. The number of para-hydroxylation sites is 1. The quantitative estimate of drug-likeness (QED) is 0.811. The molecule has 0 radical (unpaired) electrons. The molecule has 26 heavy (non-hydrogen) atoms. The molecule has 0 aliphatic carbocycles. The van der Waals surface area contributed by atoms with Gasteiger partial charge in [-0.1, -0.05) is 30.3 Å². The number of piperazine rings is 1. The largest absolute Gasteiger partial charge is 0.369 e. The lowest BCUT2D eigenvalue weighted by Gasteiger charge is -2.36. The first-order chi connectivity index (χ1) is 12.7. The molecule has 1 aliphatic heterocycles. The molecule has 0 saturated carbocycles. The Kier molecular flexibility index (Phi) is 6.39. The van der Waals surface area contributed by atoms with Crippen LogP contribution in [0.4, 0.5) is 10.1 Å². The average molecular weight is 353 g/mol. The molecule has 2 aromatic carbocycles. The number of anilines is 1. The SMILES string of the molecule is O=C(C=Cc1cccc(F)c1)NCCN1CCN(c2ccccc2)CC1. The number of hydrogen-bond donors (Lipinski definition) is 1. The van der Waals surface area contributed by atoms with Gasteiger partial charge in [0.1, 0.15) is 5.82 Å². The predicted octanol–water partition coefficient (Wildman–Crippen LogP) is 2.78. The maximum Gasteiger partial charge on any atom is 0.244 e. The van der Waals surface area contributed by atoms with Crippen LogP contribution in [0.1, 0.15) is 5.56 Å². The van der Waals surface area contributed by atoms with E-state index in [0.29, 0.717) is 12.1 Å². The van der Waals surface area contributed by atoms with Crippen LogP contribution in [0, 0.1) is 5.82 Å². The maximum absolute atomic E-state index is 13.1. The Hall–Kier alpha value is -2.66. The molecule has 0 aromatic heterocycles. The maximum atomic E-state index is 13.1. The van der Waals surface area contributed by atoms with Crippen LogP contribution in [0.25, 0.3) is 6.08 Å². The summed E-state index contributed by atoms with van der Waals surface area (Å²) >= 11 is 0. The second-order valence-corrected chi connectivity index (χ2v) is 6.34. The van der Waals surface area contributed by atoms with Gasteiger partial charge in [0.05, 0.1) is 0 Å². The molecule has 0 unspecified atom stereocenters. The molecule has 5 heteroatoms. The summed E-state index contributed by atoms with van der Waals surface area (Å²) in [7, 11) is 0. The van der Waals surface area contributed by atoms with E-state index in [0.717, 1.165) is 32.7 Å². The number of nitrogens with one attached hydrogen (secondary N) is 1. The molecule has 0 bridgehead atoms. The van der Waals surface area contributed by atoms with Crippen molar-refractivity contribution in [3.63, 3.8) is 0 Å². The number of benzene rings is 2. The summed E-state index contributed by atoms with van der Waals surface area (Å²) in [5.74, 6) is -0.459. The molecular formula is C21H24FN3O. The van der Waals surface area contributed by atoms with Gasteiger partial charge in [0, 0.05) is 51.0 Å². The summed E-state index contributed by atoms with van der Waals surface area (Å²) in [6, 6.07) is 16.6. The number of carbonyl (C=O) groups excluding carboxylic acids is 1. The minimum absolute atomic E-state index is 0.155. The third-order valence-corrected chi connectivity index (χ3v) is 4.50. The van der Waals surface area contributed by atoms with Crippen molar-refractivity contribution >= 4 is 17.7 Å². The smallest absolute Gasteiger partial charge is 0.244 e. The van der Waals surface area contributed by atoms with Crippen LogP contribution in [0.3, 0.4) is 0 Å². The van der Waals surface area contributed by atoms with E-state index in [4.69, 9.17) is 0 Å². The summed E-state index contributed by atoms with van der Waals surface area (Å²) in [6.07, 6.45) is 3.07. The summed E-state index contributed by atoms with van der Waals surface area (Å²) in [4.78, 5) is 16.6. The summed E-state index contributed by atoms with van der Waals surface area (Å²) < 4.78 is 13.1. The summed E-state index contributed by atoms with van der Waals surface area (Å²) in [5.41, 5.74) is 1.94. The highest BCUT2D eigenvalue weighted by atomic mass is 19.1. The second kappa shape index (κ2) is 9.15. The molecule has 1 N–H and O–H groups in total. The lowest BCUT2D eigenvalue weighted by Crippen LogP contribution is -2.48. The molecule has 1 heterocycles. The van der Waals surface area contributed by atoms with Crippen molar-refractivity contribution in [3.8, 4) is 0 Å². The first-order valence-corrected chi connectivity index (χ1v) is 8.94. The van der Waals surface area contributed by atoms with Crippen LogP contribution in [0.5, 0.6) is 0 Å². The third-order valence-electron chi connectivity index (χ3n) is 4.50. The lowest BCUT2D eigenvalue weighted by molar-refractivity contribution is -0.116. The summed E-state index contributed by atoms with van der Waals surface area (Å²) in [5, 5.41) is 2.88. The van der Waals surface area contributed by atoms with E-state index in [1.165, 1.54) is 23.9 Å². The zero-order valence-corrected chi connectivity index (χ0v) is 14.8. The molecule has 136 valence electrons. The normalized spacial score (nSPS) is 15.3. The Morgan fingerprint density at radius 1 is 1.04 bits per heavy atom. The number of carbonyl (C=O) groups is 1. The summed E-state index contributed by atoms with van der Waals surface area (Å²) in [6.45, 7) is 5.42. The first kappa shape index (κ1) is 18.1. The van der Waals surface area contributed by atoms with E-state index < -0.39 is 0 Å². The van der Waals surface area contributed by atoms with Crippen LogP contribution in [0.15, 0.2) is 60.7 Å². The van der Waals surface area contributed by atoms with Gasteiger partial charge in [0.15, 0.2) is 0 Å². The Morgan fingerprint density at radius 2 is 1.81 bits per heavy atom. The van der Waals surface area contributed by atoms with E-state index in [1.54, 1.807) is 18.2 Å². The molecule has 0 atom stereocenters. The number of halogens is 1. The van der Waals surface area contributed by atoms with Gasteiger partial charge in [0.2, 0.25) is 5.91 Å². The highest BCUT2D eigenvalue weighted by Crippen LogP contribution is 2.15. The number of nitrogens with zero attached hydrogens (tertiary/aromatic N) is 2. The first-order valence-electron chi connectivity index (χ1n) is 8.94. The fraction of sp³-hybridized carbons (Fsp3) is 0.286. The standard InChI is InChI=1S/C21H24FN3O/c22-19-6-4-5-18(17-19)9-10-21(26)23-11-12-24-13-15-25(16-14-24)20-7-2-1-3-8-20/h1-10,17H,11-16H2,(H,23,26). The van der Waals surface area contributed by atoms with Gasteiger partial charge in [-0.25, -0.2) is 4.39 Å². The molecule has 1 saturated heterocycles. The fourth-order valence-electron chi connectivity index (χ4n) is 3.05. The van der Waals surface area contributed by atoms with Crippen molar-refractivity contribution in [2.24, 2.45) is 0 Å². The predicted molar refractivity (Wildman–Crippen MR) is 104 cm³/mol. The molecule has 1 fully saturated rings. The molecule has 1 amide bonds. The van der Waals surface area contributed by atoms with E-state index in [2.05, 4.69) is 39.4 Å². The number of amides is 1. The highest BCUT2D eigenvalue weighted by molar-refractivity contribution is 5.91. The van der Waals surface area contributed by atoms with Gasteiger partial charge in [-0.3, -0.25) is 9.69 Å². The van der Waals surface area contributed by atoms with E-state index in [9.17, 15) is 9.18 Å². The molecule has 0 spiro atoms. The van der Waals surface area contributed by atoms with Crippen LogP contribution < -0.4 is 10.2 Å². The minimum atomic E-state index is -0.304. The van der Waals surface area contributed by atoms with Crippen molar-refractivity contribution in [1.29, 1.82) is 0 Å².